The molecule has 1 amide bonds. The third kappa shape index (κ3) is 2.83. The van der Waals surface area contributed by atoms with Crippen molar-refractivity contribution in [1.82, 2.24) is 20.3 Å². The fourth-order valence-electron chi connectivity index (χ4n) is 1.06. The van der Waals surface area contributed by atoms with Gasteiger partial charge in [0, 0.05) is 25.9 Å². The van der Waals surface area contributed by atoms with E-state index in [1.165, 1.54) is 0 Å². The summed E-state index contributed by atoms with van der Waals surface area (Å²) < 4.78 is 1.71. The highest BCUT2D eigenvalue weighted by Gasteiger charge is 2.06. The molecule has 1 aromatic heterocycles. The lowest BCUT2D eigenvalue weighted by Gasteiger charge is -2.06. The summed E-state index contributed by atoms with van der Waals surface area (Å²) in [6.45, 7) is 4.39. The first kappa shape index (κ1) is 10.7. The molecular formula is C9H16N4O. The van der Waals surface area contributed by atoms with Gasteiger partial charge in [0.2, 0.25) is 5.91 Å². The Balaban J connectivity index is 2.29. The average molecular weight is 196 g/mol. The molecule has 1 heterocycles. The van der Waals surface area contributed by atoms with Gasteiger partial charge in [-0.15, -0.1) is 5.10 Å². The monoisotopic (exact) mass is 196 g/mol. The number of aromatic nitrogens is 3. The number of aryl methyl sites for hydroxylation is 1. The number of amides is 1. The Kier molecular flexibility index (Phi) is 3.62. The van der Waals surface area contributed by atoms with Gasteiger partial charge >= 0.3 is 0 Å². The van der Waals surface area contributed by atoms with Crippen LogP contribution in [0.1, 0.15) is 19.5 Å². The molecule has 78 valence electrons. The summed E-state index contributed by atoms with van der Waals surface area (Å²) in [5.74, 6) is 0.125. The smallest absolute Gasteiger partial charge is 0.222 e. The van der Waals surface area contributed by atoms with Crippen LogP contribution in [0.5, 0.6) is 0 Å². The van der Waals surface area contributed by atoms with E-state index >= 15 is 0 Å². The Morgan fingerprint density at radius 1 is 1.64 bits per heavy atom. The molecular weight excluding hydrogens is 180 g/mol. The van der Waals surface area contributed by atoms with Crippen LogP contribution in [0.4, 0.5) is 0 Å². The maximum atomic E-state index is 11.2. The zero-order valence-electron chi connectivity index (χ0n) is 8.82. The van der Waals surface area contributed by atoms with Gasteiger partial charge in [-0.3, -0.25) is 9.48 Å². The van der Waals surface area contributed by atoms with Gasteiger partial charge in [-0.1, -0.05) is 19.1 Å². The molecule has 0 spiro atoms. The Morgan fingerprint density at radius 3 is 2.86 bits per heavy atom. The van der Waals surface area contributed by atoms with Crippen molar-refractivity contribution in [3.8, 4) is 0 Å². The van der Waals surface area contributed by atoms with Gasteiger partial charge < -0.3 is 5.32 Å². The maximum absolute atomic E-state index is 11.2. The third-order valence-electron chi connectivity index (χ3n) is 2.01. The van der Waals surface area contributed by atoms with Gasteiger partial charge in [-0.2, -0.15) is 0 Å². The van der Waals surface area contributed by atoms with Crippen LogP contribution in [-0.4, -0.2) is 27.4 Å². The summed E-state index contributed by atoms with van der Waals surface area (Å²) in [4.78, 5) is 11.2. The third-order valence-corrected chi connectivity index (χ3v) is 2.01. The summed E-state index contributed by atoms with van der Waals surface area (Å²) in [7, 11) is 1.84. The number of nitrogens with one attached hydrogen (secondary N) is 1. The largest absolute Gasteiger partial charge is 0.355 e. The van der Waals surface area contributed by atoms with E-state index in [2.05, 4.69) is 15.6 Å². The summed E-state index contributed by atoms with van der Waals surface area (Å²) >= 11 is 0. The minimum atomic E-state index is 0.0414. The van der Waals surface area contributed by atoms with Crippen LogP contribution in [0.3, 0.4) is 0 Å². The molecule has 0 aliphatic rings. The van der Waals surface area contributed by atoms with E-state index in [1.54, 1.807) is 10.9 Å². The number of rotatable bonds is 4. The lowest BCUT2D eigenvalue weighted by atomic mass is 10.2. The molecule has 14 heavy (non-hydrogen) atoms. The molecule has 0 saturated heterocycles. The molecule has 0 saturated carbocycles. The topological polar surface area (TPSA) is 59.8 Å². The van der Waals surface area contributed by atoms with Gasteiger partial charge in [0.05, 0.1) is 11.9 Å². The van der Waals surface area contributed by atoms with Crippen molar-refractivity contribution in [3.05, 3.63) is 11.9 Å². The predicted molar refractivity (Wildman–Crippen MR) is 52.6 cm³/mol. The van der Waals surface area contributed by atoms with Crippen molar-refractivity contribution < 1.29 is 4.79 Å². The SMILES string of the molecule is CC(C)C(=O)NCCc1cnnn1C. The lowest BCUT2D eigenvalue weighted by molar-refractivity contribution is -0.123. The quantitative estimate of drug-likeness (QED) is 0.744. The maximum Gasteiger partial charge on any atom is 0.222 e. The molecule has 0 fully saturated rings. The minimum Gasteiger partial charge on any atom is -0.355 e. The number of hydrogen-bond donors (Lipinski definition) is 1. The Hall–Kier alpha value is -1.39. The first-order valence-electron chi connectivity index (χ1n) is 4.72. The molecule has 5 nitrogen and oxygen atoms in total. The van der Waals surface area contributed by atoms with Crippen LogP contribution < -0.4 is 5.32 Å². The van der Waals surface area contributed by atoms with E-state index in [9.17, 15) is 4.79 Å². The van der Waals surface area contributed by atoms with Crippen LogP contribution in [0.25, 0.3) is 0 Å². The number of nitrogens with zero attached hydrogens (tertiary/aromatic N) is 3. The fraction of sp³-hybridized carbons (Fsp3) is 0.667. The van der Waals surface area contributed by atoms with Crippen LogP contribution in [0, 0.1) is 5.92 Å². The standard InChI is InChI=1S/C9H16N4O/c1-7(2)9(14)10-5-4-8-6-11-12-13(8)3/h6-7H,4-5H2,1-3H3,(H,10,14). The van der Waals surface area contributed by atoms with E-state index < -0.39 is 0 Å². The van der Waals surface area contributed by atoms with Gasteiger partial charge in [0.15, 0.2) is 0 Å². The molecule has 0 radical (unpaired) electrons. The zero-order chi connectivity index (χ0) is 10.6. The average Bonchev–Trinajstić information content (AvgIpc) is 2.51. The summed E-state index contributed by atoms with van der Waals surface area (Å²) in [5.41, 5.74) is 1.02. The molecule has 1 rings (SSSR count). The molecule has 0 aromatic carbocycles. The van der Waals surface area contributed by atoms with Crippen LogP contribution in [-0.2, 0) is 18.3 Å². The van der Waals surface area contributed by atoms with Crippen molar-refractivity contribution in [2.45, 2.75) is 20.3 Å². The molecule has 0 unspecified atom stereocenters. The Morgan fingerprint density at radius 2 is 2.36 bits per heavy atom. The lowest BCUT2D eigenvalue weighted by Crippen LogP contribution is -2.29. The second kappa shape index (κ2) is 4.74. The van der Waals surface area contributed by atoms with Crippen molar-refractivity contribution in [3.63, 3.8) is 0 Å². The van der Waals surface area contributed by atoms with Gasteiger partial charge in [-0.25, -0.2) is 0 Å². The van der Waals surface area contributed by atoms with E-state index in [4.69, 9.17) is 0 Å². The van der Waals surface area contributed by atoms with E-state index in [1.807, 2.05) is 20.9 Å². The van der Waals surface area contributed by atoms with Gasteiger partial charge in [0.1, 0.15) is 0 Å². The van der Waals surface area contributed by atoms with Crippen molar-refractivity contribution in [2.75, 3.05) is 6.54 Å². The first-order valence-corrected chi connectivity index (χ1v) is 4.72. The number of carbonyl (C=O) groups excluding carboxylic acids is 1. The molecule has 0 atom stereocenters. The Labute approximate surface area is 83.5 Å². The predicted octanol–water partition coefficient (Wildman–Crippen LogP) is 0.130. The first-order chi connectivity index (χ1) is 6.61. The normalized spacial score (nSPS) is 10.6. The fourth-order valence-corrected chi connectivity index (χ4v) is 1.06. The highest BCUT2D eigenvalue weighted by atomic mass is 16.1. The molecule has 1 N–H and O–H groups in total. The molecule has 1 aromatic rings. The summed E-state index contributed by atoms with van der Waals surface area (Å²) in [6.07, 6.45) is 2.48. The van der Waals surface area contributed by atoms with Crippen LogP contribution in [0.15, 0.2) is 6.20 Å². The van der Waals surface area contributed by atoms with E-state index in [-0.39, 0.29) is 11.8 Å². The summed E-state index contributed by atoms with van der Waals surface area (Å²) in [6, 6.07) is 0. The van der Waals surface area contributed by atoms with Gasteiger partial charge in [-0.05, 0) is 0 Å². The van der Waals surface area contributed by atoms with Crippen LogP contribution in [0.2, 0.25) is 0 Å². The van der Waals surface area contributed by atoms with Crippen molar-refractivity contribution >= 4 is 5.91 Å². The second-order valence-corrected chi connectivity index (χ2v) is 3.54. The summed E-state index contributed by atoms with van der Waals surface area (Å²) in [5, 5.41) is 10.4. The number of carbonyl (C=O) groups is 1. The van der Waals surface area contributed by atoms with Gasteiger partial charge in [0.25, 0.3) is 0 Å². The minimum absolute atomic E-state index is 0.0414. The zero-order valence-corrected chi connectivity index (χ0v) is 8.82. The van der Waals surface area contributed by atoms with Crippen molar-refractivity contribution in [2.24, 2.45) is 13.0 Å². The molecule has 0 aliphatic heterocycles. The molecule has 0 aliphatic carbocycles. The van der Waals surface area contributed by atoms with Crippen LogP contribution >= 0.6 is 0 Å². The highest BCUT2D eigenvalue weighted by molar-refractivity contribution is 5.77. The highest BCUT2D eigenvalue weighted by Crippen LogP contribution is 1.95. The van der Waals surface area contributed by atoms with Crippen molar-refractivity contribution in [1.29, 1.82) is 0 Å². The molecule has 0 bridgehead atoms. The van der Waals surface area contributed by atoms with E-state index in [0.717, 1.165) is 12.1 Å². The van der Waals surface area contributed by atoms with E-state index in [0.29, 0.717) is 6.54 Å². The Bertz CT molecular complexity index is 306. The number of hydrogen-bond acceptors (Lipinski definition) is 3. The second-order valence-electron chi connectivity index (χ2n) is 3.54. The molecule has 5 heteroatoms.